The number of hydrogen-bond acceptors (Lipinski definition) is 3. The van der Waals surface area contributed by atoms with Gasteiger partial charge < -0.3 is 9.30 Å². The summed E-state index contributed by atoms with van der Waals surface area (Å²) in [6, 6.07) is 15.8. The lowest BCUT2D eigenvalue weighted by atomic mass is 10.1. The molecule has 0 amide bonds. The molecule has 116 valence electrons. The molecule has 1 heterocycles. The van der Waals surface area contributed by atoms with Crippen molar-refractivity contribution in [3.63, 3.8) is 0 Å². The van der Waals surface area contributed by atoms with Crippen LogP contribution < -0.4 is 0 Å². The Bertz CT molecular complexity index is 825. The molecule has 1 aromatic heterocycles. The van der Waals surface area contributed by atoms with Gasteiger partial charge in [0.2, 0.25) is 0 Å². The molecule has 0 atom stereocenters. The third-order valence-electron chi connectivity index (χ3n) is 3.55. The fraction of sp³-hybridized carbons (Fsp3) is 0.111. The average molecular weight is 418 g/mol. The van der Waals surface area contributed by atoms with Crippen LogP contribution in [0, 0.1) is 3.57 Å². The second-order valence-corrected chi connectivity index (χ2v) is 6.35. The first-order valence-electron chi connectivity index (χ1n) is 7.10. The topological polar surface area (TPSA) is 44.1 Å². The van der Waals surface area contributed by atoms with Crippen LogP contribution in [-0.4, -0.2) is 22.6 Å². The van der Waals surface area contributed by atoms with Crippen LogP contribution in [0.25, 0.3) is 11.3 Å². The second kappa shape index (κ2) is 6.95. The standard InChI is InChI=1S/C18H15IN2O2/c1-23-18(22)15-4-2-3-13(9-15)11-21-12-20-10-17(21)14-5-7-16(19)8-6-14/h2-10,12H,11H2,1H3. The highest BCUT2D eigenvalue weighted by Crippen LogP contribution is 2.21. The van der Waals surface area contributed by atoms with Gasteiger partial charge >= 0.3 is 5.97 Å². The molecule has 0 aliphatic heterocycles. The Morgan fingerprint density at radius 3 is 2.74 bits per heavy atom. The summed E-state index contributed by atoms with van der Waals surface area (Å²) in [5.41, 5.74) is 3.75. The minimum atomic E-state index is -0.324. The largest absolute Gasteiger partial charge is 0.465 e. The number of rotatable bonds is 4. The number of benzene rings is 2. The number of methoxy groups -OCH3 is 1. The first-order valence-corrected chi connectivity index (χ1v) is 8.18. The SMILES string of the molecule is COC(=O)c1cccc(Cn2cncc2-c2ccc(I)cc2)c1. The quantitative estimate of drug-likeness (QED) is 0.476. The number of hydrogen-bond donors (Lipinski definition) is 0. The lowest BCUT2D eigenvalue weighted by Crippen LogP contribution is -2.04. The number of aromatic nitrogens is 2. The molecule has 3 aromatic rings. The van der Waals surface area contributed by atoms with Crippen molar-refractivity contribution in [3.8, 4) is 11.3 Å². The molecule has 4 nitrogen and oxygen atoms in total. The van der Waals surface area contributed by atoms with Gasteiger partial charge in [0.25, 0.3) is 0 Å². The lowest BCUT2D eigenvalue weighted by molar-refractivity contribution is 0.0600. The van der Waals surface area contributed by atoms with Crippen molar-refractivity contribution in [2.75, 3.05) is 7.11 Å². The van der Waals surface area contributed by atoms with Gasteiger partial charge in [0.15, 0.2) is 0 Å². The van der Waals surface area contributed by atoms with Crippen LogP contribution in [-0.2, 0) is 11.3 Å². The maximum absolute atomic E-state index is 11.6. The molecule has 2 aromatic carbocycles. The zero-order valence-electron chi connectivity index (χ0n) is 12.6. The number of carbonyl (C=O) groups is 1. The van der Waals surface area contributed by atoms with Crippen LogP contribution in [0.1, 0.15) is 15.9 Å². The third kappa shape index (κ3) is 3.61. The fourth-order valence-corrected chi connectivity index (χ4v) is 2.78. The van der Waals surface area contributed by atoms with E-state index >= 15 is 0 Å². The van der Waals surface area contributed by atoms with Crippen LogP contribution in [0.3, 0.4) is 0 Å². The highest BCUT2D eigenvalue weighted by Gasteiger charge is 2.09. The van der Waals surface area contributed by atoms with Gasteiger partial charge in [0, 0.05) is 10.1 Å². The highest BCUT2D eigenvalue weighted by atomic mass is 127. The summed E-state index contributed by atoms with van der Waals surface area (Å²) in [7, 11) is 1.39. The third-order valence-corrected chi connectivity index (χ3v) is 4.27. The average Bonchev–Trinajstić information content (AvgIpc) is 3.03. The van der Waals surface area contributed by atoms with Gasteiger partial charge in [-0.2, -0.15) is 0 Å². The molecule has 5 heteroatoms. The summed E-state index contributed by atoms with van der Waals surface area (Å²) in [6.07, 6.45) is 3.66. The molecule has 0 aliphatic rings. The van der Waals surface area contributed by atoms with E-state index in [0.717, 1.165) is 16.8 Å². The number of esters is 1. The van der Waals surface area contributed by atoms with Crippen molar-refractivity contribution < 1.29 is 9.53 Å². The van der Waals surface area contributed by atoms with Gasteiger partial charge in [-0.1, -0.05) is 24.3 Å². The van der Waals surface area contributed by atoms with Crippen LogP contribution >= 0.6 is 22.6 Å². The molecule has 0 saturated heterocycles. The minimum absolute atomic E-state index is 0.324. The molecule has 0 N–H and O–H groups in total. The predicted octanol–water partition coefficient (Wildman–Crippen LogP) is 3.99. The Labute approximate surface area is 148 Å². The highest BCUT2D eigenvalue weighted by molar-refractivity contribution is 14.1. The van der Waals surface area contributed by atoms with Crippen molar-refractivity contribution >= 4 is 28.6 Å². The Balaban J connectivity index is 1.89. The van der Waals surface area contributed by atoms with Crippen LogP contribution in [0.2, 0.25) is 0 Å². The molecule has 0 radical (unpaired) electrons. The summed E-state index contributed by atoms with van der Waals surface area (Å²) in [5, 5.41) is 0. The molecule has 3 rings (SSSR count). The zero-order valence-corrected chi connectivity index (χ0v) is 14.7. The zero-order chi connectivity index (χ0) is 16.2. The Kier molecular flexibility index (Phi) is 4.76. The van der Waals surface area contributed by atoms with E-state index in [9.17, 15) is 4.79 Å². The summed E-state index contributed by atoms with van der Waals surface area (Å²) < 4.78 is 8.04. The summed E-state index contributed by atoms with van der Waals surface area (Å²) >= 11 is 2.29. The van der Waals surface area contributed by atoms with Gasteiger partial charge in [0.1, 0.15) is 0 Å². The van der Waals surface area contributed by atoms with E-state index in [1.54, 1.807) is 12.4 Å². The number of ether oxygens (including phenoxy) is 1. The van der Waals surface area contributed by atoms with E-state index in [1.165, 1.54) is 10.7 Å². The Hall–Kier alpha value is -2.15. The summed E-state index contributed by atoms with van der Waals surface area (Å²) in [6.45, 7) is 0.645. The van der Waals surface area contributed by atoms with Gasteiger partial charge in [-0.25, -0.2) is 9.78 Å². The first kappa shape index (κ1) is 15.7. The smallest absolute Gasteiger partial charge is 0.337 e. The van der Waals surface area contributed by atoms with Crippen molar-refractivity contribution in [1.29, 1.82) is 0 Å². The van der Waals surface area contributed by atoms with E-state index in [1.807, 2.05) is 24.4 Å². The van der Waals surface area contributed by atoms with E-state index < -0.39 is 0 Å². The van der Waals surface area contributed by atoms with Crippen LogP contribution in [0.4, 0.5) is 0 Å². The first-order chi connectivity index (χ1) is 11.2. The monoisotopic (exact) mass is 418 g/mol. The molecule has 0 saturated carbocycles. The van der Waals surface area contributed by atoms with E-state index in [0.29, 0.717) is 12.1 Å². The second-order valence-electron chi connectivity index (χ2n) is 5.11. The molecular formula is C18H15IN2O2. The maximum atomic E-state index is 11.6. The molecule has 0 unspecified atom stereocenters. The van der Waals surface area contributed by atoms with E-state index in [2.05, 4.69) is 56.4 Å². The van der Waals surface area contributed by atoms with Crippen LogP contribution in [0.15, 0.2) is 61.1 Å². The van der Waals surface area contributed by atoms with Gasteiger partial charge in [-0.05, 0) is 58.0 Å². The predicted molar refractivity (Wildman–Crippen MR) is 97.3 cm³/mol. The Morgan fingerprint density at radius 2 is 2.00 bits per heavy atom. The van der Waals surface area contributed by atoms with E-state index in [-0.39, 0.29) is 5.97 Å². The molecule has 0 bridgehead atoms. The Morgan fingerprint density at radius 1 is 1.22 bits per heavy atom. The van der Waals surface area contributed by atoms with Crippen molar-refractivity contribution in [3.05, 3.63) is 75.8 Å². The normalized spacial score (nSPS) is 10.5. The molecule has 23 heavy (non-hydrogen) atoms. The summed E-state index contributed by atoms with van der Waals surface area (Å²) in [5.74, 6) is -0.324. The van der Waals surface area contributed by atoms with Gasteiger partial charge in [-0.15, -0.1) is 0 Å². The minimum Gasteiger partial charge on any atom is -0.465 e. The maximum Gasteiger partial charge on any atom is 0.337 e. The number of carbonyl (C=O) groups excluding carboxylic acids is 1. The number of imidazole rings is 1. The fourth-order valence-electron chi connectivity index (χ4n) is 2.42. The molecule has 0 fully saturated rings. The van der Waals surface area contributed by atoms with Crippen molar-refractivity contribution in [1.82, 2.24) is 9.55 Å². The number of halogens is 1. The van der Waals surface area contributed by atoms with Crippen molar-refractivity contribution in [2.45, 2.75) is 6.54 Å². The van der Waals surface area contributed by atoms with Gasteiger partial charge in [-0.3, -0.25) is 0 Å². The summed E-state index contributed by atoms with van der Waals surface area (Å²) in [4.78, 5) is 15.9. The van der Waals surface area contributed by atoms with Crippen LogP contribution in [0.5, 0.6) is 0 Å². The number of nitrogens with zero attached hydrogens (tertiary/aromatic N) is 2. The van der Waals surface area contributed by atoms with Gasteiger partial charge in [0.05, 0.1) is 30.9 Å². The lowest BCUT2D eigenvalue weighted by Gasteiger charge is -2.09. The van der Waals surface area contributed by atoms with E-state index in [4.69, 9.17) is 4.74 Å². The molecular weight excluding hydrogens is 403 g/mol. The molecule has 0 aliphatic carbocycles. The molecule has 0 spiro atoms. The van der Waals surface area contributed by atoms with Crippen molar-refractivity contribution in [2.24, 2.45) is 0 Å².